The van der Waals surface area contributed by atoms with E-state index in [1.54, 1.807) is 12.2 Å². The van der Waals surface area contributed by atoms with Crippen LogP contribution in [-0.2, 0) is 23.9 Å². The van der Waals surface area contributed by atoms with E-state index in [0.717, 1.165) is 11.1 Å². The molecule has 2 aromatic carbocycles. The van der Waals surface area contributed by atoms with Crippen LogP contribution in [0.5, 0.6) is 0 Å². The molecule has 6 heteroatoms. The lowest BCUT2D eigenvalue weighted by Gasteiger charge is -2.15. The van der Waals surface area contributed by atoms with E-state index < -0.39 is 23.9 Å². The number of ether oxygens (including phenoxy) is 2. The van der Waals surface area contributed by atoms with Gasteiger partial charge in [0.25, 0.3) is 0 Å². The van der Waals surface area contributed by atoms with Crippen LogP contribution >= 0.6 is 0 Å². The van der Waals surface area contributed by atoms with Gasteiger partial charge in [0.15, 0.2) is 6.04 Å². The number of amides is 1. The summed E-state index contributed by atoms with van der Waals surface area (Å²) < 4.78 is 9.70. The predicted molar refractivity (Wildman–Crippen MR) is 106 cm³/mol. The number of esters is 2. The van der Waals surface area contributed by atoms with Crippen molar-refractivity contribution in [2.75, 3.05) is 13.7 Å². The smallest absolute Gasteiger partial charge is 0.331 e. The molecule has 6 nitrogen and oxygen atoms in total. The molecule has 0 aliphatic rings. The summed E-state index contributed by atoms with van der Waals surface area (Å²) in [5, 5.41) is 2.47. The second kappa shape index (κ2) is 11.1. The lowest BCUT2D eigenvalue weighted by molar-refractivity contribution is -0.149. The molecule has 1 N–H and O–H groups in total. The maximum atomic E-state index is 12.0. The van der Waals surface area contributed by atoms with E-state index in [2.05, 4.69) is 10.1 Å². The maximum Gasteiger partial charge on any atom is 0.331 e. The molecule has 0 saturated carbocycles. The number of carbonyl (C=O) groups is 3. The van der Waals surface area contributed by atoms with Gasteiger partial charge in [0.1, 0.15) is 6.61 Å². The number of methoxy groups -OCH3 is 1. The fraction of sp³-hybridized carbons (Fsp3) is 0.136. The molecule has 0 saturated heterocycles. The molecule has 1 atom stereocenters. The standard InChI is InChI=1S/C22H21NO5/c1-27-22(26)19(23-20(24)14-12-17-8-4-2-5-9-17)16-28-21(25)15-13-18-10-6-3-7-11-18/h2-15,19H,16H2,1H3,(H,23,24)/b14-12+,15-13+/t19-/m0/s1. The van der Waals surface area contributed by atoms with Gasteiger partial charge in [-0.25, -0.2) is 9.59 Å². The average molecular weight is 379 g/mol. The van der Waals surface area contributed by atoms with E-state index in [4.69, 9.17) is 4.74 Å². The highest BCUT2D eigenvalue weighted by Crippen LogP contribution is 2.03. The Morgan fingerprint density at radius 1 is 0.893 bits per heavy atom. The van der Waals surface area contributed by atoms with Crippen LogP contribution in [0.15, 0.2) is 72.8 Å². The third-order valence-corrected chi connectivity index (χ3v) is 3.63. The first kappa shape index (κ1) is 20.6. The third-order valence-electron chi connectivity index (χ3n) is 3.63. The lowest BCUT2D eigenvalue weighted by atomic mass is 10.2. The molecule has 0 bridgehead atoms. The average Bonchev–Trinajstić information content (AvgIpc) is 2.74. The second-order valence-corrected chi connectivity index (χ2v) is 5.70. The Balaban J connectivity index is 1.89. The lowest BCUT2D eigenvalue weighted by Crippen LogP contribution is -2.44. The summed E-state index contributed by atoms with van der Waals surface area (Å²) in [5.41, 5.74) is 1.67. The van der Waals surface area contributed by atoms with Crippen LogP contribution < -0.4 is 5.32 Å². The van der Waals surface area contributed by atoms with Crippen LogP contribution in [0.1, 0.15) is 11.1 Å². The summed E-state index contributed by atoms with van der Waals surface area (Å²) in [7, 11) is 1.19. The van der Waals surface area contributed by atoms with Crippen LogP contribution in [0.4, 0.5) is 0 Å². The van der Waals surface area contributed by atoms with Gasteiger partial charge in [-0.05, 0) is 23.3 Å². The Morgan fingerprint density at radius 3 is 1.96 bits per heavy atom. The normalized spacial score (nSPS) is 11.9. The monoisotopic (exact) mass is 379 g/mol. The van der Waals surface area contributed by atoms with Gasteiger partial charge in [0.05, 0.1) is 7.11 Å². The van der Waals surface area contributed by atoms with Crippen molar-refractivity contribution in [2.24, 2.45) is 0 Å². The first-order valence-electron chi connectivity index (χ1n) is 8.60. The largest absolute Gasteiger partial charge is 0.467 e. The summed E-state index contributed by atoms with van der Waals surface area (Å²) in [4.78, 5) is 35.7. The van der Waals surface area contributed by atoms with Crippen molar-refractivity contribution >= 4 is 30.0 Å². The topological polar surface area (TPSA) is 81.7 Å². The molecular formula is C22H21NO5. The van der Waals surface area contributed by atoms with Gasteiger partial charge in [-0.15, -0.1) is 0 Å². The van der Waals surface area contributed by atoms with E-state index in [0.29, 0.717) is 0 Å². The Hall–Kier alpha value is -3.67. The highest BCUT2D eigenvalue weighted by atomic mass is 16.5. The van der Waals surface area contributed by atoms with Gasteiger partial charge in [0.2, 0.25) is 5.91 Å². The van der Waals surface area contributed by atoms with Crippen LogP contribution in [0.3, 0.4) is 0 Å². The van der Waals surface area contributed by atoms with Gasteiger partial charge < -0.3 is 14.8 Å². The molecule has 0 aromatic heterocycles. The minimum atomic E-state index is -1.10. The van der Waals surface area contributed by atoms with E-state index in [-0.39, 0.29) is 6.61 Å². The van der Waals surface area contributed by atoms with Crippen molar-refractivity contribution in [1.29, 1.82) is 0 Å². The molecule has 0 spiro atoms. The Morgan fingerprint density at radius 2 is 1.43 bits per heavy atom. The predicted octanol–water partition coefficient (Wildman–Crippen LogP) is 2.61. The minimum Gasteiger partial charge on any atom is -0.467 e. The van der Waals surface area contributed by atoms with Crippen LogP contribution in [0.25, 0.3) is 12.2 Å². The number of carbonyl (C=O) groups excluding carboxylic acids is 3. The van der Waals surface area contributed by atoms with E-state index >= 15 is 0 Å². The van der Waals surface area contributed by atoms with Gasteiger partial charge in [0, 0.05) is 12.2 Å². The highest BCUT2D eigenvalue weighted by Gasteiger charge is 2.22. The third kappa shape index (κ3) is 7.29. The fourth-order valence-corrected chi connectivity index (χ4v) is 2.21. The first-order valence-corrected chi connectivity index (χ1v) is 8.60. The molecule has 0 heterocycles. The molecule has 0 aliphatic carbocycles. The minimum absolute atomic E-state index is 0.338. The number of rotatable bonds is 8. The van der Waals surface area contributed by atoms with Gasteiger partial charge in [-0.2, -0.15) is 0 Å². The summed E-state index contributed by atoms with van der Waals surface area (Å²) >= 11 is 0. The Labute approximate surface area is 163 Å². The van der Waals surface area contributed by atoms with E-state index in [9.17, 15) is 14.4 Å². The van der Waals surface area contributed by atoms with E-state index in [1.807, 2.05) is 60.7 Å². The van der Waals surface area contributed by atoms with Gasteiger partial charge in [-0.3, -0.25) is 4.79 Å². The van der Waals surface area contributed by atoms with Crippen molar-refractivity contribution in [2.45, 2.75) is 6.04 Å². The number of hydrogen-bond donors (Lipinski definition) is 1. The Kier molecular flexibility index (Phi) is 8.20. The van der Waals surface area contributed by atoms with Crippen LogP contribution in [0, 0.1) is 0 Å². The zero-order chi connectivity index (χ0) is 20.2. The van der Waals surface area contributed by atoms with Crippen molar-refractivity contribution in [1.82, 2.24) is 5.32 Å². The quantitative estimate of drug-likeness (QED) is 0.563. The summed E-state index contributed by atoms with van der Waals surface area (Å²) in [6.45, 7) is -0.338. The van der Waals surface area contributed by atoms with Gasteiger partial charge in [-0.1, -0.05) is 60.7 Å². The van der Waals surface area contributed by atoms with E-state index in [1.165, 1.54) is 19.3 Å². The van der Waals surface area contributed by atoms with Crippen LogP contribution in [-0.4, -0.2) is 37.6 Å². The molecule has 1 amide bonds. The zero-order valence-corrected chi connectivity index (χ0v) is 15.4. The molecule has 2 rings (SSSR count). The Bertz CT molecular complexity index is 844. The number of benzene rings is 2. The molecule has 0 aliphatic heterocycles. The first-order chi connectivity index (χ1) is 13.6. The SMILES string of the molecule is COC(=O)[C@H](COC(=O)/C=C/c1ccccc1)NC(=O)/C=C/c1ccccc1. The summed E-state index contributed by atoms with van der Waals surface area (Å²) in [6, 6.07) is 17.3. The molecule has 144 valence electrons. The van der Waals surface area contributed by atoms with Crippen LogP contribution in [0.2, 0.25) is 0 Å². The fourth-order valence-electron chi connectivity index (χ4n) is 2.21. The molecular weight excluding hydrogens is 358 g/mol. The summed E-state index contributed by atoms with van der Waals surface area (Å²) in [5.74, 6) is -1.84. The van der Waals surface area contributed by atoms with Crippen molar-refractivity contribution < 1.29 is 23.9 Å². The molecule has 0 fully saturated rings. The number of nitrogens with one attached hydrogen (secondary N) is 1. The maximum absolute atomic E-state index is 12.0. The van der Waals surface area contributed by atoms with Crippen molar-refractivity contribution in [3.63, 3.8) is 0 Å². The van der Waals surface area contributed by atoms with Crippen molar-refractivity contribution in [3.8, 4) is 0 Å². The molecule has 0 unspecified atom stereocenters. The molecule has 28 heavy (non-hydrogen) atoms. The highest BCUT2D eigenvalue weighted by molar-refractivity contribution is 5.94. The molecule has 0 radical (unpaired) electrons. The van der Waals surface area contributed by atoms with Gasteiger partial charge >= 0.3 is 11.9 Å². The summed E-state index contributed by atoms with van der Waals surface area (Å²) in [6.07, 6.45) is 5.75. The number of hydrogen-bond acceptors (Lipinski definition) is 5. The zero-order valence-electron chi connectivity index (χ0n) is 15.4. The second-order valence-electron chi connectivity index (χ2n) is 5.70. The molecule has 2 aromatic rings. The van der Waals surface area contributed by atoms with Crippen molar-refractivity contribution in [3.05, 3.63) is 83.9 Å².